The zero-order valence-electron chi connectivity index (χ0n) is 18.2. The molecule has 0 N–H and O–H groups in total. The molecule has 3 unspecified atom stereocenters. The fraction of sp³-hybridized carbons (Fsp3) is 0.750. The van der Waals surface area contributed by atoms with E-state index in [1.54, 1.807) is 0 Å². The molecule has 1 aliphatic carbocycles. The maximum absolute atomic E-state index is 14.4. The van der Waals surface area contributed by atoms with Gasteiger partial charge in [-0.15, -0.1) is 0 Å². The molecule has 2 aliphatic rings. The minimum absolute atomic E-state index is 0.198. The number of halogens is 3. The Hall–Kier alpha value is -1.43. The maximum atomic E-state index is 14.4. The summed E-state index contributed by atoms with van der Waals surface area (Å²) in [7, 11) is 1.26. The summed E-state index contributed by atoms with van der Waals surface area (Å²) < 4.78 is 58.2. The molecule has 1 heterocycles. The molecule has 1 saturated heterocycles. The van der Waals surface area contributed by atoms with Gasteiger partial charge >= 0.3 is 0 Å². The highest BCUT2D eigenvalue weighted by atomic mass is 19.2. The Bertz CT molecular complexity index is 653. The average Bonchev–Trinajstić information content (AvgIpc) is 2.76. The van der Waals surface area contributed by atoms with Crippen LogP contribution in [-0.2, 0) is 4.74 Å². The molecule has 3 nitrogen and oxygen atoms in total. The fourth-order valence-corrected chi connectivity index (χ4v) is 5.02. The monoisotopic (exact) mass is 428 g/mol. The van der Waals surface area contributed by atoms with Crippen molar-refractivity contribution in [2.24, 2.45) is 17.8 Å². The lowest BCUT2D eigenvalue weighted by Crippen LogP contribution is -2.34. The highest BCUT2D eigenvalue weighted by Gasteiger charge is 2.32. The molecule has 0 spiro atoms. The second kappa shape index (κ2) is 11.3. The van der Waals surface area contributed by atoms with E-state index in [1.165, 1.54) is 38.5 Å². The Morgan fingerprint density at radius 2 is 1.67 bits per heavy atom. The number of rotatable bonds is 9. The first kappa shape index (κ1) is 23.2. The van der Waals surface area contributed by atoms with Crippen LogP contribution in [0.2, 0.25) is 0 Å². The van der Waals surface area contributed by atoms with Crippen LogP contribution in [-0.4, -0.2) is 32.6 Å². The van der Waals surface area contributed by atoms with Crippen LogP contribution in [0.5, 0.6) is 11.5 Å². The van der Waals surface area contributed by atoms with Crippen molar-refractivity contribution in [2.75, 3.05) is 20.3 Å². The molecule has 0 amide bonds. The van der Waals surface area contributed by atoms with Gasteiger partial charge in [0.15, 0.2) is 11.5 Å². The van der Waals surface area contributed by atoms with Crippen molar-refractivity contribution in [3.05, 3.63) is 23.8 Å². The number of benzene rings is 1. The molecule has 0 aromatic heterocycles. The Morgan fingerprint density at radius 1 is 1.00 bits per heavy atom. The molecular weight excluding hydrogens is 393 g/mol. The van der Waals surface area contributed by atoms with Crippen LogP contribution in [0.25, 0.3) is 0 Å². The molecule has 0 bridgehead atoms. The number of hydrogen-bond donors (Lipinski definition) is 0. The van der Waals surface area contributed by atoms with Gasteiger partial charge in [0.05, 0.1) is 13.2 Å². The lowest BCUT2D eigenvalue weighted by Gasteiger charge is -2.38. The van der Waals surface area contributed by atoms with Gasteiger partial charge in [-0.3, -0.25) is 0 Å². The number of hydrogen-bond acceptors (Lipinski definition) is 3. The standard InChI is InChI=1S/C24H35F3O3/c1-3-4-17-7-10-20(29-14-17)18-8-5-16(6-9-18)13-19(25)15-30-22-12-11-21(28-2)23(26)24(22)27/h11-12,16-20H,3-10,13-15H2,1-2H3. The summed E-state index contributed by atoms with van der Waals surface area (Å²) in [6, 6.07) is 2.55. The van der Waals surface area contributed by atoms with Gasteiger partial charge in [0, 0.05) is 6.61 Å². The zero-order valence-corrected chi connectivity index (χ0v) is 18.2. The normalized spacial score (nSPS) is 28.2. The summed E-state index contributed by atoms with van der Waals surface area (Å²) in [4.78, 5) is 0. The van der Waals surface area contributed by atoms with Gasteiger partial charge in [0.1, 0.15) is 12.8 Å². The molecular formula is C24H35F3O3. The Balaban J connectivity index is 1.37. The van der Waals surface area contributed by atoms with Gasteiger partial charge in [-0.25, -0.2) is 4.39 Å². The summed E-state index contributed by atoms with van der Waals surface area (Å²) >= 11 is 0. The first-order valence-corrected chi connectivity index (χ1v) is 11.4. The molecule has 2 fully saturated rings. The SMILES string of the molecule is CCCC1CCC(C2CCC(CC(F)COc3ccc(OC)c(F)c3F)CC2)OC1. The van der Waals surface area contributed by atoms with E-state index in [1.807, 2.05) is 0 Å². The van der Waals surface area contributed by atoms with Crippen LogP contribution in [0.15, 0.2) is 12.1 Å². The van der Waals surface area contributed by atoms with Gasteiger partial charge < -0.3 is 14.2 Å². The first-order chi connectivity index (χ1) is 14.5. The predicted octanol–water partition coefficient (Wildman–Crippen LogP) is 6.48. The van der Waals surface area contributed by atoms with E-state index >= 15 is 0 Å². The van der Waals surface area contributed by atoms with Crippen LogP contribution < -0.4 is 9.47 Å². The van der Waals surface area contributed by atoms with E-state index in [2.05, 4.69) is 6.92 Å². The molecule has 6 heteroatoms. The average molecular weight is 429 g/mol. The minimum atomic E-state index is -1.20. The van der Waals surface area contributed by atoms with Crippen molar-refractivity contribution < 1.29 is 27.4 Å². The van der Waals surface area contributed by atoms with E-state index in [-0.39, 0.29) is 18.1 Å². The molecule has 1 saturated carbocycles. The molecule has 1 aliphatic heterocycles. The van der Waals surface area contributed by atoms with Gasteiger partial charge in [0.25, 0.3) is 0 Å². The van der Waals surface area contributed by atoms with E-state index in [9.17, 15) is 13.2 Å². The van der Waals surface area contributed by atoms with E-state index in [4.69, 9.17) is 14.2 Å². The quantitative estimate of drug-likeness (QED) is 0.450. The Morgan fingerprint density at radius 3 is 2.30 bits per heavy atom. The van der Waals surface area contributed by atoms with Gasteiger partial charge in [-0.1, -0.05) is 13.3 Å². The molecule has 170 valence electrons. The van der Waals surface area contributed by atoms with Crippen LogP contribution in [0.3, 0.4) is 0 Å². The van der Waals surface area contributed by atoms with E-state index in [0.717, 1.165) is 44.6 Å². The zero-order chi connectivity index (χ0) is 21.5. The van der Waals surface area contributed by atoms with Gasteiger partial charge in [-0.2, -0.15) is 8.78 Å². The second-order valence-corrected chi connectivity index (χ2v) is 8.92. The van der Waals surface area contributed by atoms with Gasteiger partial charge in [-0.05, 0) is 81.3 Å². The van der Waals surface area contributed by atoms with Crippen LogP contribution in [0.1, 0.15) is 64.7 Å². The van der Waals surface area contributed by atoms with Crippen molar-refractivity contribution in [3.63, 3.8) is 0 Å². The Labute approximate surface area is 178 Å². The molecule has 1 aromatic rings. The summed E-state index contributed by atoms with van der Waals surface area (Å²) in [5.74, 6) is -1.11. The van der Waals surface area contributed by atoms with Crippen molar-refractivity contribution >= 4 is 0 Å². The lowest BCUT2D eigenvalue weighted by molar-refractivity contribution is -0.0602. The number of methoxy groups -OCH3 is 1. The first-order valence-electron chi connectivity index (χ1n) is 11.4. The molecule has 1 aromatic carbocycles. The van der Waals surface area contributed by atoms with Gasteiger partial charge in [0.2, 0.25) is 11.6 Å². The smallest absolute Gasteiger partial charge is 0.204 e. The molecule has 3 rings (SSSR count). The maximum Gasteiger partial charge on any atom is 0.204 e. The molecule has 30 heavy (non-hydrogen) atoms. The Kier molecular flexibility index (Phi) is 8.72. The van der Waals surface area contributed by atoms with E-state index < -0.39 is 17.8 Å². The molecule has 3 atom stereocenters. The highest BCUT2D eigenvalue weighted by Crippen LogP contribution is 2.38. The summed E-state index contributed by atoms with van der Waals surface area (Å²) in [5, 5.41) is 0. The third-order valence-corrected chi connectivity index (χ3v) is 6.76. The summed E-state index contributed by atoms with van der Waals surface area (Å²) in [6.45, 7) is 2.85. The highest BCUT2D eigenvalue weighted by molar-refractivity contribution is 5.34. The fourth-order valence-electron chi connectivity index (χ4n) is 5.02. The summed E-state index contributed by atoms with van der Waals surface area (Å²) in [5.41, 5.74) is 0. The van der Waals surface area contributed by atoms with Crippen LogP contribution in [0, 0.1) is 29.4 Å². The predicted molar refractivity (Wildman–Crippen MR) is 111 cm³/mol. The lowest BCUT2D eigenvalue weighted by atomic mass is 9.75. The number of alkyl halides is 1. The van der Waals surface area contributed by atoms with Crippen molar-refractivity contribution in [2.45, 2.75) is 77.0 Å². The second-order valence-electron chi connectivity index (χ2n) is 8.92. The van der Waals surface area contributed by atoms with Crippen molar-refractivity contribution in [1.82, 2.24) is 0 Å². The topological polar surface area (TPSA) is 27.7 Å². The van der Waals surface area contributed by atoms with E-state index in [0.29, 0.717) is 24.4 Å². The van der Waals surface area contributed by atoms with Crippen LogP contribution >= 0.6 is 0 Å². The summed E-state index contributed by atoms with van der Waals surface area (Å²) in [6.07, 6.45) is 8.63. The van der Waals surface area contributed by atoms with Crippen molar-refractivity contribution in [3.8, 4) is 11.5 Å². The van der Waals surface area contributed by atoms with Crippen molar-refractivity contribution in [1.29, 1.82) is 0 Å². The largest absolute Gasteiger partial charge is 0.494 e. The minimum Gasteiger partial charge on any atom is -0.494 e. The third kappa shape index (κ3) is 6.05. The third-order valence-electron chi connectivity index (χ3n) is 6.76. The molecule has 0 radical (unpaired) electrons. The number of ether oxygens (including phenoxy) is 3. The van der Waals surface area contributed by atoms with Crippen LogP contribution in [0.4, 0.5) is 13.2 Å².